The average Bonchev–Trinajstić information content (AvgIpc) is 3.61. The van der Waals surface area contributed by atoms with Gasteiger partial charge in [0.2, 0.25) is 5.91 Å². The van der Waals surface area contributed by atoms with E-state index >= 15 is 0 Å². The van der Waals surface area contributed by atoms with Crippen molar-refractivity contribution in [3.63, 3.8) is 0 Å². The largest absolute Gasteiger partial charge is 0.483 e. The number of carboxylic acid groups (broad SMARTS) is 1. The van der Waals surface area contributed by atoms with Crippen LogP contribution in [0.2, 0.25) is 0 Å². The van der Waals surface area contributed by atoms with E-state index < -0.39 is 5.91 Å². The van der Waals surface area contributed by atoms with E-state index in [4.69, 9.17) is 20.6 Å². The van der Waals surface area contributed by atoms with Gasteiger partial charge in [0.05, 0.1) is 17.6 Å². The molecule has 228 valence electrons. The lowest BCUT2D eigenvalue weighted by Gasteiger charge is -2.24. The van der Waals surface area contributed by atoms with Gasteiger partial charge in [0.1, 0.15) is 5.69 Å². The summed E-state index contributed by atoms with van der Waals surface area (Å²) in [7, 11) is 0. The molecule has 0 bridgehead atoms. The second-order valence-corrected chi connectivity index (χ2v) is 11.8. The van der Waals surface area contributed by atoms with E-state index in [0.717, 1.165) is 62.3 Å². The Bertz CT molecular complexity index is 1300. The van der Waals surface area contributed by atoms with Crippen molar-refractivity contribution >= 4 is 23.9 Å². The minimum Gasteiger partial charge on any atom is -0.483 e. The van der Waals surface area contributed by atoms with Crippen LogP contribution in [-0.2, 0) is 11.2 Å². The fourth-order valence-electron chi connectivity index (χ4n) is 5.16. The van der Waals surface area contributed by atoms with Crippen LogP contribution in [0.3, 0.4) is 0 Å². The third-order valence-corrected chi connectivity index (χ3v) is 7.60. The summed E-state index contributed by atoms with van der Waals surface area (Å²) in [5, 5.41) is 6.89. The number of likely N-dealkylation sites (tertiary alicyclic amines) is 1. The summed E-state index contributed by atoms with van der Waals surface area (Å²) in [5.74, 6) is 0.569. The van der Waals surface area contributed by atoms with Gasteiger partial charge >= 0.3 is 0 Å². The van der Waals surface area contributed by atoms with Gasteiger partial charge < -0.3 is 20.6 Å². The Hall–Kier alpha value is -3.79. The van der Waals surface area contributed by atoms with E-state index in [9.17, 15) is 9.59 Å². The summed E-state index contributed by atoms with van der Waals surface area (Å²) in [4.78, 5) is 47.6. The quantitative estimate of drug-likeness (QED) is 0.279. The maximum absolute atomic E-state index is 13.7. The lowest BCUT2D eigenvalue weighted by molar-refractivity contribution is -0.122. The molecule has 3 aromatic rings. The highest BCUT2D eigenvalue weighted by Gasteiger charge is 2.21. The molecular weight excluding hydrogens is 532 g/mol. The molecule has 0 aliphatic carbocycles. The predicted molar refractivity (Wildman–Crippen MR) is 164 cm³/mol. The summed E-state index contributed by atoms with van der Waals surface area (Å²) >= 11 is 0. The summed E-state index contributed by atoms with van der Waals surface area (Å²) in [6, 6.07) is 7.27. The van der Waals surface area contributed by atoms with Gasteiger partial charge in [0, 0.05) is 30.4 Å². The van der Waals surface area contributed by atoms with Crippen LogP contribution in [0.4, 0.5) is 0 Å². The maximum atomic E-state index is 13.7. The van der Waals surface area contributed by atoms with Crippen LogP contribution in [0, 0.1) is 11.8 Å². The van der Waals surface area contributed by atoms with E-state index in [1.165, 1.54) is 25.9 Å². The molecule has 1 aromatic carbocycles. The van der Waals surface area contributed by atoms with Crippen LogP contribution in [0.1, 0.15) is 86.3 Å². The predicted octanol–water partition coefficient (Wildman–Crippen LogP) is 4.76. The molecule has 42 heavy (non-hydrogen) atoms. The SMILES string of the molecule is CC(C)CCN(CCC(C)C)C(=O)c1cn2c(CCCN3CCCC3)c(-c3ccc(C(N)=O)cc3)nc2cn1.O=CO. The Balaban J connectivity index is 0.00000155. The molecule has 0 spiro atoms. The molecule has 1 fully saturated rings. The number of benzene rings is 1. The molecule has 0 radical (unpaired) electrons. The van der Waals surface area contributed by atoms with Gasteiger partial charge in [-0.25, -0.2) is 9.97 Å². The number of imidazole rings is 1. The molecule has 0 unspecified atom stereocenters. The summed E-state index contributed by atoms with van der Waals surface area (Å²) in [5.41, 5.74) is 9.92. The van der Waals surface area contributed by atoms with Crippen molar-refractivity contribution < 1.29 is 19.5 Å². The first-order chi connectivity index (χ1) is 20.1. The molecule has 1 aliphatic rings. The second-order valence-electron chi connectivity index (χ2n) is 11.8. The van der Waals surface area contributed by atoms with Crippen LogP contribution in [-0.4, -0.2) is 80.3 Å². The Kier molecular flexibility index (Phi) is 12.5. The number of amides is 2. The lowest BCUT2D eigenvalue weighted by atomic mass is 10.0. The third kappa shape index (κ3) is 9.11. The number of nitrogens with zero attached hydrogens (tertiary/aromatic N) is 5. The molecule has 0 saturated carbocycles. The van der Waals surface area contributed by atoms with Crippen molar-refractivity contribution in [2.24, 2.45) is 17.6 Å². The molecule has 2 amide bonds. The molecule has 4 rings (SSSR count). The lowest BCUT2D eigenvalue weighted by Crippen LogP contribution is -2.34. The topological polar surface area (TPSA) is 134 Å². The molecule has 1 aliphatic heterocycles. The maximum Gasteiger partial charge on any atom is 0.290 e. The van der Waals surface area contributed by atoms with Crippen molar-refractivity contribution in [3.05, 3.63) is 53.6 Å². The van der Waals surface area contributed by atoms with Gasteiger partial charge in [-0.2, -0.15) is 0 Å². The fourth-order valence-corrected chi connectivity index (χ4v) is 5.16. The van der Waals surface area contributed by atoms with Gasteiger partial charge in [-0.05, 0) is 82.1 Å². The van der Waals surface area contributed by atoms with Crippen molar-refractivity contribution in [3.8, 4) is 11.3 Å². The van der Waals surface area contributed by atoms with Gasteiger partial charge in [0.25, 0.3) is 12.4 Å². The Morgan fingerprint density at radius 3 is 2.19 bits per heavy atom. The summed E-state index contributed by atoms with van der Waals surface area (Å²) in [6.45, 7) is 13.3. The standard InChI is InChI=1S/C31H44N6O2.CH2O2/c1-22(2)13-18-36(19-14-23(3)4)31(39)26-21-37-27(8-7-17-35-15-5-6-16-35)29(34-28(37)20-33-26)24-9-11-25(12-10-24)30(32)38;2-1-3/h9-12,20-23H,5-8,13-19H2,1-4H3,(H2,32,38);1H,(H,2,3). The molecule has 10 nitrogen and oxygen atoms in total. The first-order valence-corrected chi connectivity index (χ1v) is 15.0. The van der Waals surface area contributed by atoms with Gasteiger partial charge in [-0.3, -0.25) is 18.8 Å². The Morgan fingerprint density at radius 1 is 1.05 bits per heavy atom. The highest BCUT2D eigenvalue weighted by molar-refractivity contribution is 5.93. The van der Waals surface area contributed by atoms with Crippen LogP contribution in [0.15, 0.2) is 36.7 Å². The highest BCUT2D eigenvalue weighted by atomic mass is 16.3. The van der Waals surface area contributed by atoms with Crippen LogP contribution in [0.5, 0.6) is 0 Å². The Morgan fingerprint density at radius 2 is 1.64 bits per heavy atom. The summed E-state index contributed by atoms with van der Waals surface area (Å²) in [6.07, 6.45) is 9.88. The molecule has 3 heterocycles. The number of aryl methyl sites for hydroxylation is 1. The minimum atomic E-state index is -0.450. The van der Waals surface area contributed by atoms with Gasteiger partial charge in [0.15, 0.2) is 5.65 Å². The van der Waals surface area contributed by atoms with Gasteiger partial charge in [-0.15, -0.1) is 0 Å². The third-order valence-electron chi connectivity index (χ3n) is 7.60. The van der Waals surface area contributed by atoms with Crippen LogP contribution in [0.25, 0.3) is 16.9 Å². The first-order valence-electron chi connectivity index (χ1n) is 15.0. The molecule has 3 N–H and O–H groups in total. The highest BCUT2D eigenvalue weighted by Crippen LogP contribution is 2.27. The number of hydrogen-bond acceptors (Lipinski definition) is 6. The molecular formula is C32H46N6O4. The smallest absolute Gasteiger partial charge is 0.290 e. The zero-order valence-corrected chi connectivity index (χ0v) is 25.5. The van der Waals surface area contributed by atoms with Crippen molar-refractivity contribution in [2.45, 2.75) is 66.2 Å². The number of carbonyl (C=O) groups is 3. The molecule has 2 aromatic heterocycles. The van der Waals surface area contributed by atoms with E-state index in [1.807, 2.05) is 27.6 Å². The van der Waals surface area contributed by atoms with Crippen LogP contribution >= 0.6 is 0 Å². The first kappa shape index (κ1) is 32.7. The second kappa shape index (κ2) is 16.0. The summed E-state index contributed by atoms with van der Waals surface area (Å²) < 4.78 is 2.05. The number of nitrogens with two attached hydrogens (primary N) is 1. The number of carbonyl (C=O) groups excluding carboxylic acids is 2. The molecule has 0 atom stereocenters. The number of hydrogen-bond donors (Lipinski definition) is 2. The average molecular weight is 579 g/mol. The molecule has 1 saturated heterocycles. The minimum absolute atomic E-state index is 0.0257. The van der Waals surface area contributed by atoms with Crippen LogP contribution < -0.4 is 5.73 Å². The van der Waals surface area contributed by atoms with E-state index in [1.54, 1.807) is 18.3 Å². The van der Waals surface area contributed by atoms with Crippen molar-refractivity contribution in [1.29, 1.82) is 0 Å². The Labute approximate surface area is 248 Å². The normalized spacial score (nSPS) is 13.4. The number of rotatable bonds is 13. The van der Waals surface area contributed by atoms with Gasteiger partial charge in [-0.1, -0.05) is 39.8 Å². The van der Waals surface area contributed by atoms with E-state index in [2.05, 4.69) is 37.6 Å². The molecule has 10 heteroatoms. The van der Waals surface area contributed by atoms with E-state index in [0.29, 0.717) is 28.7 Å². The van der Waals surface area contributed by atoms with Crippen molar-refractivity contribution in [2.75, 3.05) is 32.7 Å². The number of primary amides is 1. The number of aromatic nitrogens is 3. The zero-order chi connectivity index (χ0) is 30.6. The van der Waals surface area contributed by atoms with Crippen molar-refractivity contribution in [1.82, 2.24) is 24.2 Å². The zero-order valence-electron chi connectivity index (χ0n) is 25.5. The number of fused-ring (bicyclic) bond motifs is 1. The fraction of sp³-hybridized carbons (Fsp3) is 0.531. The van der Waals surface area contributed by atoms with E-state index in [-0.39, 0.29) is 12.4 Å². The monoisotopic (exact) mass is 578 g/mol.